The monoisotopic (exact) mass is 300 g/mol. The van der Waals surface area contributed by atoms with Crippen molar-refractivity contribution in [3.05, 3.63) is 42.5 Å². The van der Waals surface area contributed by atoms with Crippen molar-refractivity contribution in [2.45, 2.75) is 20.8 Å². The third kappa shape index (κ3) is 2.76. The summed E-state index contributed by atoms with van der Waals surface area (Å²) >= 11 is 5.05. The zero-order valence-corrected chi connectivity index (χ0v) is 13.4. The molecular weight excluding hydrogens is 280 g/mol. The van der Waals surface area contributed by atoms with Gasteiger partial charge in [0.2, 0.25) is 5.91 Å². The highest BCUT2D eigenvalue weighted by Gasteiger charge is 2.35. The van der Waals surface area contributed by atoms with Gasteiger partial charge in [0.05, 0.1) is 16.1 Å². The molecule has 0 aromatic heterocycles. The minimum atomic E-state index is -0.859. The van der Waals surface area contributed by atoms with E-state index in [9.17, 15) is 4.79 Å². The summed E-state index contributed by atoms with van der Waals surface area (Å²) in [4.78, 5) is 14.8. The smallest absolute Gasteiger partial charge is 0.239 e. The Kier molecular flexibility index (Phi) is 4.28. The lowest BCUT2D eigenvalue weighted by molar-refractivity contribution is -0.123. The van der Waals surface area contributed by atoms with E-state index >= 15 is 0 Å². The molecule has 21 heavy (non-hydrogen) atoms. The number of carbonyl (C=O) groups is 1. The van der Waals surface area contributed by atoms with Crippen molar-refractivity contribution in [3.8, 4) is 0 Å². The summed E-state index contributed by atoms with van der Waals surface area (Å²) in [6.45, 7) is 6.06. The molecule has 0 aliphatic carbocycles. The average molecular weight is 300 g/mol. The first kappa shape index (κ1) is 15.4. The van der Waals surface area contributed by atoms with Gasteiger partial charge in [0.25, 0.3) is 0 Å². The van der Waals surface area contributed by atoms with Crippen LogP contribution in [-0.2, 0) is 4.79 Å². The van der Waals surface area contributed by atoms with E-state index in [1.54, 1.807) is 18.7 Å². The number of amides is 1. The van der Waals surface area contributed by atoms with Gasteiger partial charge in [-0.15, -0.1) is 0 Å². The molecule has 0 spiro atoms. The maximum atomic E-state index is 12.8. The SMILES string of the molecule is CCN(C(=O)C(C)(C)C(N)=S)c1cccc2ccccc12. The van der Waals surface area contributed by atoms with Gasteiger partial charge in [0, 0.05) is 11.9 Å². The summed E-state index contributed by atoms with van der Waals surface area (Å²) in [5.74, 6) is -0.0751. The molecule has 110 valence electrons. The van der Waals surface area contributed by atoms with Gasteiger partial charge in [0.1, 0.15) is 0 Å². The average Bonchev–Trinajstić information content (AvgIpc) is 2.48. The quantitative estimate of drug-likeness (QED) is 0.879. The van der Waals surface area contributed by atoms with Gasteiger partial charge in [-0.05, 0) is 32.2 Å². The number of nitrogens with two attached hydrogens (primary N) is 1. The van der Waals surface area contributed by atoms with Crippen LogP contribution in [0.25, 0.3) is 10.8 Å². The molecule has 1 amide bonds. The summed E-state index contributed by atoms with van der Waals surface area (Å²) in [6.07, 6.45) is 0. The Morgan fingerprint density at radius 2 is 1.81 bits per heavy atom. The molecule has 0 bridgehead atoms. The van der Waals surface area contributed by atoms with Crippen LogP contribution in [-0.4, -0.2) is 17.4 Å². The predicted molar refractivity (Wildman–Crippen MR) is 92.5 cm³/mol. The number of carbonyl (C=O) groups excluding carboxylic acids is 1. The molecule has 0 saturated heterocycles. The number of hydrogen-bond donors (Lipinski definition) is 1. The van der Waals surface area contributed by atoms with E-state index in [2.05, 4.69) is 0 Å². The highest BCUT2D eigenvalue weighted by atomic mass is 32.1. The Hall–Kier alpha value is -1.94. The topological polar surface area (TPSA) is 46.3 Å². The van der Waals surface area contributed by atoms with Crippen LogP contribution < -0.4 is 10.6 Å². The lowest BCUT2D eigenvalue weighted by atomic mass is 9.91. The molecule has 0 aliphatic heterocycles. The van der Waals surface area contributed by atoms with Gasteiger partial charge in [0.15, 0.2) is 0 Å². The van der Waals surface area contributed by atoms with Crippen LogP contribution in [0.15, 0.2) is 42.5 Å². The van der Waals surface area contributed by atoms with Crippen LogP contribution in [0.3, 0.4) is 0 Å². The van der Waals surface area contributed by atoms with Gasteiger partial charge in [-0.1, -0.05) is 48.6 Å². The lowest BCUT2D eigenvalue weighted by Crippen LogP contribution is -2.47. The standard InChI is InChI=1S/C17H20N2OS/c1-4-19(16(20)17(2,3)15(18)21)14-11-7-9-12-8-5-6-10-13(12)14/h5-11H,4H2,1-3H3,(H2,18,21). The van der Waals surface area contributed by atoms with Gasteiger partial charge in [-0.2, -0.15) is 0 Å². The minimum Gasteiger partial charge on any atom is -0.392 e. The van der Waals surface area contributed by atoms with E-state index in [4.69, 9.17) is 18.0 Å². The van der Waals surface area contributed by atoms with Gasteiger partial charge in [-0.25, -0.2) is 0 Å². The highest BCUT2D eigenvalue weighted by Crippen LogP contribution is 2.30. The molecule has 0 heterocycles. The molecule has 0 aliphatic rings. The minimum absolute atomic E-state index is 0.0751. The first-order valence-corrected chi connectivity index (χ1v) is 7.40. The van der Waals surface area contributed by atoms with Crippen LogP contribution in [0, 0.1) is 5.41 Å². The van der Waals surface area contributed by atoms with Crippen LogP contribution in [0.5, 0.6) is 0 Å². The highest BCUT2D eigenvalue weighted by molar-refractivity contribution is 7.80. The van der Waals surface area contributed by atoms with Crippen LogP contribution in [0.2, 0.25) is 0 Å². The second-order valence-electron chi connectivity index (χ2n) is 5.54. The van der Waals surface area contributed by atoms with E-state index in [0.717, 1.165) is 16.5 Å². The summed E-state index contributed by atoms with van der Waals surface area (Å²) in [5, 5.41) is 2.16. The normalized spacial score (nSPS) is 11.4. The summed E-state index contributed by atoms with van der Waals surface area (Å²) < 4.78 is 0. The van der Waals surface area contributed by atoms with Crippen molar-refractivity contribution in [1.29, 1.82) is 0 Å². The zero-order valence-electron chi connectivity index (χ0n) is 12.6. The maximum Gasteiger partial charge on any atom is 0.239 e. The molecule has 2 aromatic carbocycles. The van der Waals surface area contributed by atoms with E-state index in [1.807, 2.05) is 49.4 Å². The number of thiocarbonyl (C=S) groups is 1. The van der Waals surface area contributed by atoms with Crippen molar-refractivity contribution in [2.24, 2.45) is 11.1 Å². The number of benzene rings is 2. The fourth-order valence-corrected chi connectivity index (χ4v) is 2.40. The number of rotatable bonds is 4. The number of nitrogens with zero attached hydrogens (tertiary/aromatic N) is 1. The van der Waals surface area contributed by atoms with Crippen LogP contribution >= 0.6 is 12.2 Å². The molecule has 0 unspecified atom stereocenters. The van der Waals surface area contributed by atoms with E-state index < -0.39 is 5.41 Å². The predicted octanol–water partition coefficient (Wildman–Crippen LogP) is 3.51. The largest absolute Gasteiger partial charge is 0.392 e. The lowest BCUT2D eigenvalue weighted by Gasteiger charge is -2.31. The van der Waals surface area contributed by atoms with Gasteiger partial charge < -0.3 is 10.6 Å². The summed E-state index contributed by atoms with van der Waals surface area (Å²) in [7, 11) is 0. The van der Waals surface area contributed by atoms with E-state index in [1.165, 1.54) is 0 Å². The van der Waals surface area contributed by atoms with Crippen molar-refractivity contribution in [1.82, 2.24) is 0 Å². The molecule has 0 saturated carbocycles. The zero-order chi connectivity index (χ0) is 15.6. The van der Waals surface area contributed by atoms with Gasteiger partial charge >= 0.3 is 0 Å². The second kappa shape index (κ2) is 5.82. The molecule has 2 aromatic rings. The fourth-order valence-electron chi connectivity index (χ4n) is 2.31. The van der Waals surface area contributed by atoms with Crippen LogP contribution in [0.4, 0.5) is 5.69 Å². The van der Waals surface area contributed by atoms with Crippen LogP contribution in [0.1, 0.15) is 20.8 Å². The number of fused-ring (bicyclic) bond motifs is 1. The third-order valence-corrected chi connectivity index (χ3v) is 4.28. The van der Waals surface area contributed by atoms with Crippen molar-refractivity contribution < 1.29 is 4.79 Å². The number of anilines is 1. The Morgan fingerprint density at radius 1 is 1.19 bits per heavy atom. The maximum absolute atomic E-state index is 12.8. The molecule has 2 N–H and O–H groups in total. The summed E-state index contributed by atoms with van der Waals surface area (Å²) in [6, 6.07) is 14.0. The second-order valence-corrected chi connectivity index (χ2v) is 5.98. The summed E-state index contributed by atoms with van der Waals surface area (Å²) in [5.41, 5.74) is 5.77. The molecule has 2 rings (SSSR count). The number of hydrogen-bond acceptors (Lipinski definition) is 2. The van der Waals surface area contributed by atoms with Gasteiger partial charge in [-0.3, -0.25) is 4.79 Å². The molecule has 0 atom stereocenters. The Bertz CT molecular complexity index is 689. The van der Waals surface area contributed by atoms with E-state index in [0.29, 0.717) is 6.54 Å². The molecule has 0 fully saturated rings. The molecule has 0 radical (unpaired) electrons. The molecular formula is C17H20N2OS. The van der Waals surface area contributed by atoms with Crippen molar-refractivity contribution in [2.75, 3.05) is 11.4 Å². The first-order chi connectivity index (χ1) is 9.89. The first-order valence-electron chi connectivity index (χ1n) is 6.99. The van der Waals surface area contributed by atoms with Crippen molar-refractivity contribution in [3.63, 3.8) is 0 Å². The fraction of sp³-hybridized carbons (Fsp3) is 0.294. The molecule has 3 nitrogen and oxygen atoms in total. The van der Waals surface area contributed by atoms with E-state index in [-0.39, 0.29) is 10.9 Å². The third-order valence-electron chi connectivity index (χ3n) is 3.77. The Balaban J connectivity index is 2.55. The molecule has 4 heteroatoms. The Labute approximate surface area is 130 Å². The van der Waals surface area contributed by atoms with Crippen molar-refractivity contribution >= 4 is 39.6 Å². The Morgan fingerprint density at radius 3 is 2.43 bits per heavy atom.